The van der Waals surface area contributed by atoms with E-state index in [0.717, 1.165) is 5.56 Å². The maximum absolute atomic E-state index is 12.5. The molecule has 1 aromatic rings. The number of ether oxygens (including phenoxy) is 1. The first-order valence-corrected chi connectivity index (χ1v) is 8.35. The third-order valence-corrected chi connectivity index (χ3v) is 5.25. The molecule has 0 heterocycles. The molecule has 0 unspecified atom stereocenters. The van der Waals surface area contributed by atoms with Gasteiger partial charge in [0, 0.05) is 31.3 Å². The molecule has 0 aliphatic rings. The van der Waals surface area contributed by atoms with Crippen molar-refractivity contribution in [1.29, 1.82) is 0 Å². The summed E-state index contributed by atoms with van der Waals surface area (Å²) in [5.74, 6) is 0. The van der Waals surface area contributed by atoms with Crippen LogP contribution in [0.3, 0.4) is 0 Å². The smallest absolute Gasteiger partial charge is 0.243 e. The van der Waals surface area contributed by atoms with Gasteiger partial charge in [0.15, 0.2) is 0 Å². The van der Waals surface area contributed by atoms with E-state index in [0.29, 0.717) is 31.3 Å². The minimum Gasteiger partial charge on any atom is -0.380 e. The Labute approximate surface area is 125 Å². The summed E-state index contributed by atoms with van der Waals surface area (Å²) in [6.07, 6.45) is 0. The van der Waals surface area contributed by atoms with E-state index in [2.05, 4.69) is 0 Å². The molecule has 0 bridgehead atoms. The number of hydrogen-bond acceptors (Lipinski definition) is 4. The van der Waals surface area contributed by atoms with Crippen molar-refractivity contribution in [1.82, 2.24) is 4.31 Å². The van der Waals surface area contributed by atoms with Gasteiger partial charge in [-0.05, 0) is 24.6 Å². The Hall–Kier alpha value is -0.660. The largest absolute Gasteiger partial charge is 0.380 e. The molecule has 0 aromatic heterocycles. The predicted octanol–water partition coefficient (Wildman–Crippen LogP) is 1.85. The molecule has 0 atom stereocenters. The van der Waals surface area contributed by atoms with Crippen LogP contribution >= 0.6 is 11.6 Å². The molecule has 0 amide bonds. The molecule has 0 saturated carbocycles. The van der Waals surface area contributed by atoms with Crippen LogP contribution in [0.1, 0.15) is 19.4 Å². The zero-order valence-corrected chi connectivity index (χ0v) is 13.4. The second-order valence-corrected chi connectivity index (χ2v) is 6.50. The summed E-state index contributed by atoms with van der Waals surface area (Å²) in [7, 11) is -3.55. The second kappa shape index (κ2) is 7.95. The quantitative estimate of drug-likeness (QED) is 0.742. The molecule has 2 N–H and O–H groups in total. The van der Waals surface area contributed by atoms with Crippen LogP contribution in [0.25, 0.3) is 0 Å². The van der Waals surface area contributed by atoms with E-state index in [9.17, 15) is 8.42 Å². The van der Waals surface area contributed by atoms with Gasteiger partial charge in [0.05, 0.1) is 11.5 Å². The number of hydrogen-bond donors (Lipinski definition) is 1. The van der Waals surface area contributed by atoms with Crippen LogP contribution in [-0.4, -0.2) is 39.0 Å². The first-order valence-electron chi connectivity index (χ1n) is 6.53. The lowest BCUT2D eigenvalue weighted by atomic mass is 10.2. The molecule has 0 fully saturated rings. The topological polar surface area (TPSA) is 72.6 Å². The zero-order chi connectivity index (χ0) is 15.2. The fourth-order valence-corrected chi connectivity index (χ4v) is 3.54. The molecule has 7 heteroatoms. The molecular weight excluding hydrogens is 300 g/mol. The van der Waals surface area contributed by atoms with E-state index in [1.54, 1.807) is 13.0 Å². The monoisotopic (exact) mass is 320 g/mol. The minimum absolute atomic E-state index is 0.179. The van der Waals surface area contributed by atoms with Crippen molar-refractivity contribution in [2.75, 3.05) is 26.3 Å². The molecule has 114 valence electrons. The van der Waals surface area contributed by atoms with Gasteiger partial charge in [-0.2, -0.15) is 4.31 Å². The molecule has 0 aliphatic carbocycles. The Morgan fingerprint density at radius 2 is 2.05 bits per heavy atom. The maximum Gasteiger partial charge on any atom is 0.243 e. The van der Waals surface area contributed by atoms with Crippen molar-refractivity contribution < 1.29 is 13.2 Å². The summed E-state index contributed by atoms with van der Waals surface area (Å²) < 4.78 is 31.6. The van der Waals surface area contributed by atoms with Gasteiger partial charge < -0.3 is 10.5 Å². The summed E-state index contributed by atoms with van der Waals surface area (Å²) in [5.41, 5.74) is 6.24. The average Bonchev–Trinajstić information content (AvgIpc) is 2.43. The molecule has 5 nitrogen and oxygen atoms in total. The fraction of sp³-hybridized carbons (Fsp3) is 0.538. The SMILES string of the molecule is CCOCCN(CC)S(=O)(=O)c1ccc(CN)c(Cl)c1. The third-order valence-electron chi connectivity index (χ3n) is 2.92. The van der Waals surface area contributed by atoms with Crippen molar-refractivity contribution in [2.24, 2.45) is 5.73 Å². The molecular formula is C13H21ClN2O3S. The highest BCUT2D eigenvalue weighted by Gasteiger charge is 2.23. The number of likely N-dealkylation sites (N-methyl/N-ethyl adjacent to an activating group) is 1. The summed E-state index contributed by atoms with van der Waals surface area (Å²) in [4.78, 5) is 0.179. The van der Waals surface area contributed by atoms with Crippen molar-refractivity contribution in [2.45, 2.75) is 25.3 Å². The van der Waals surface area contributed by atoms with Crippen LogP contribution in [0.2, 0.25) is 5.02 Å². The van der Waals surface area contributed by atoms with Crippen molar-refractivity contribution in [3.63, 3.8) is 0 Å². The molecule has 0 spiro atoms. The first-order chi connectivity index (χ1) is 9.47. The minimum atomic E-state index is -3.55. The van der Waals surface area contributed by atoms with Crippen molar-refractivity contribution >= 4 is 21.6 Å². The van der Waals surface area contributed by atoms with Crippen LogP contribution in [0, 0.1) is 0 Å². The van der Waals surface area contributed by atoms with Gasteiger partial charge in [-0.1, -0.05) is 24.6 Å². The zero-order valence-electron chi connectivity index (χ0n) is 11.8. The predicted molar refractivity (Wildman–Crippen MR) is 80.3 cm³/mol. The highest BCUT2D eigenvalue weighted by atomic mass is 35.5. The fourth-order valence-electron chi connectivity index (χ4n) is 1.76. The van der Waals surface area contributed by atoms with Crippen LogP contribution in [0.5, 0.6) is 0 Å². The third kappa shape index (κ3) is 4.17. The van der Waals surface area contributed by atoms with Gasteiger partial charge in [0.25, 0.3) is 0 Å². The molecule has 0 saturated heterocycles. The second-order valence-electron chi connectivity index (χ2n) is 4.15. The van der Waals surface area contributed by atoms with Gasteiger partial charge in [-0.25, -0.2) is 8.42 Å². The van der Waals surface area contributed by atoms with Gasteiger partial charge in [0.1, 0.15) is 0 Å². The number of rotatable bonds is 8. The molecule has 0 radical (unpaired) electrons. The van der Waals surface area contributed by atoms with E-state index in [1.165, 1.54) is 16.4 Å². The first kappa shape index (κ1) is 17.4. The van der Waals surface area contributed by atoms with Crippen LogP contribution in [0.4, 0.5) is 0 Å². The van der Waals surface area contributed by atoms with Crippen LogP contribution < -0.4 is 5.73 Å². The summed E-state index contributed by atoms with van der Waals surface area (Å²) in [6, 6.07) is 4.63. The summed E-state index contributed by atoms with van der Waals surface area (Å²) >= 11 is 6.02. The molecule has 0 aliphatic heterocycles. The Kier molecular flexibility index (Phi) is 6.91. The Morgan fingerprint density at radius 1 is 1.35 bits per heavy atom. The number of nitrogens with zero attached hydrogens (tertiary/aromatic N) is 1. The lowest BCUT2D eigenvalue weighted by Gasteiger charge is -2.20. The molecule has 1 aromatic carbocycles. The Bertz CT molecular complexity index is 534. The van der Waals surface area contributed by atoms with E-state index in [1.807, 2.05) is 6.92 Å². The Morgan fingerprint density at radius 3 is 2.55 bits per heavy atom. The van der Waals surface area contributed by atoms with Crippen molar-refractivity contribution in [3.05, 3.63) is 28.8 Å². The maximum atomic E-state index is 12.5. The Balaban J connectivity index is 2.98. The summed E-state index contributed by atoms with van der Waals surface area (Å²) in [6.45, 7) is 5.58. The van der Waals surface area contributed by atoms with Gasteiger partial charge in [-0.3, -0.25) is 0 Å². The lowest BCUT2D eigenvalue weighted by Crippen LogP contribution is -2.34. The van der Waals surface area contributed by atoms with Crippen LogP contribution in [0.15, 0.2) is 23.1 Å². The van der Waals surface area contributed by atoms with Gasteiger partial charge in [-0.15, -0.1) is 0 Å². The summed E-state index contributed by atoms with van der Waals surface area (Å²) in [5, 5.41) is 0.370. The normalized spacial score (nSPS) is 12.1. The highest BCUT2D eigenvalue weighted by molar-refractivity contribution is 7.89. The van der Waals surface area contributed by atoms with E-state index < -0.39 is 10.0 Å². The van der Waals surface area contributed by atoms with Crippen LogP contribution in [-0.2, 0) is 21.3 Å². The van der Waals surface area contributed by atoms with Crippen molar-refractivity contribution in [3.8, 4) is 0 Å². The average molecular weight is 321 g/mol. The standard InChI is InChI=1S/C13H21ClN2O3S/c1-3-16(7-8-19-4-2)20(17,18)12-6-5-11(10-15)13(14)9-12/h5-6,9H,3-4,7-8,10,15H2,1-2H3. The molecule has 1 rings (SSSR count). The highest BCUT2D eigenvalue weighted by Crippen LogP contribution is 2.23. The molecule has 20 heavy (non-hydrogen) atoms. The van der Waals surface area contributed by atoms with E-state index in [4.69, 9.17) is 22.1 Å². The number of benzene rings is 1. The van der Waals surface area contributed by atoms with E-state index >= 15 is 0 Å². The number of sulfonamides is 1. The lowest BCUT2D eigenvalue weighted by molar-refractivity contribution is 0.135. The van der Waals surface area contributed by atoms with E-state index in [-0.39, 0.29) is 11.4 Å². The van der Waals surface area contributed by atoms with Gasteiger partial charge >= 0.3 is 0 Å². The van der Waals surface area contributed by atoms with Gasteiger partial charge in [0.2, 0.25) is 10.0 Å². The number of nitrogens with two attached hydrogens (primary N) is 1. The number of halogens is 1.